The van der Waals surface area contributed by atoms with Crippen LogP contribution in [-0.4, -0.2) is 55.4 Å². The van der Waals surface area contributed by atoms with Crippen LogP contribution in [0.25, 0.3) is 0 Å². The molecular formula is C22H33BN4O5S. The van der Waals surface area contributed by atoms with Crippen molar-refractivity contribution in [1.82, 2.24) is 10.0 Å². The Hall–Kier alpha value is -2.52. The Morgan fingerprint density at radius 2 is 1.88 bits per heavy atom. The van der Waals surface area contributed by atoms with E-state index in [0.29, 0.717) is 24.8 Å². The summed E-state index contributed by atoms with van der Waals surface area (Å²) in [5.41, 5.74) is 1.30. The maximum atomic E-state index is 12.8. The minimum Gasteiger partial charge on any atom is -0.426 e. The van der Waals surface area contributed by atoms with Gasteiger partial charge in [0.15, 0.2) is 0 Å². The Balaban J connectivity index is 2.76. The molecule has 1 aromatic carbocycles. The van der Waals surface area contributed by atoms with Crippen molar-refractivity contribution in [2.24, 2.45) is 5.92 Å². The summed E-state index contributed by atoms with van der Waals surface area (Å²) < 4.78 is 25.8. The number of unbranched alkanes of at least 4 members (excludes halogenated alkanes) is 1. The number of hydrogen-bond donors (Lipinski definition) is 5. The third-order valence-electron chi connectivity index (χ3n) is 4.77. The Labute approximate surface area is 196 Å². The van der Waals surface area contributed by atoms with E-state index < -0.39 is 35.0 Å². The van der Waals surface area contributed by atoms with Gasteiger partial charge in [0, 0.05) is 5.71 Å². The minimum atomic E-state index is -3.70. The second-order valence-electron chi connectivity index (χ2n) is 8.32. The number of carbonyl (C=O) groups is 1. The average Bonchev–Trinajstić information content (AvgIpc) is 2.73. The number of allylic oxidation sites excluding steroid dienone is 2. The first-order valence-electron chi connectivity index (χ1n) is 10.8. The molecule has 11 heteroatoms. The van der Waals surface area contributed by atoms with Gasteiger partial charge in [-0.1, -0.05) is 56.7 Å². The van der Waals surface area contributed by atoms with E-state index >= 15 is 0 Å². The zero-order valence-corrected chi connectivity index (χ0v) is 20.1. The zero-order chi connectivity index (χ0) is 25.0. The predicted octanol–water partition coefficient (Wildman–Crippen LogP) is 1.33. The third-order valence-corrected chi connectivity index (χ3v) is 5.49. The second kappa shape index (κ2) is 13.9. The van der Waals surface area contributed by atoms with Crippen molar-refractivity contribution in [2.45, 2.75) is 57.9 Å². The lowest BCUT2D eigenvalue weighted by atomic mass is 9.75. The summed E-state index contributed by atoms with van der Waals surface area (Å²) in [5.74, 6) is -1.55. The van der Waals surface area contributed by atoms with Gasteiger partial charge in [-0.3, -0.25) is 4.79 Å². The van der Waals surface area contributed by atoms with E-state index in [1.165, 1.54) is 0 Å². The van der Waals surface area contributed by atoms with Gasteiger partial charge in [0.1, 0.15) is 12.1 Å². The van der Waals surface area contributed by atoms with E-state index in [9.17, 15) is 28.5 Å². The van der Waals surface area contributed by atoms with Gasteiger partial charge in [-0.15, -0.1) is 0 Å². The number of benzene rings is 1. The number of rotatable bonds is 14. The highest BCUT2D eigenvalue weighted by molar-refractivity contribution is 7.88. The molecule has 0 spiro atoms. The molecule has 180 valence electrons. The van der Waals surface area contributed by atoms with Crippen LogP contribution in [0.3, 0.4) is 0 Å². The maximum Gasteiger partial charge on any atom is 0.475 e. The van der Waals surface area contributed by atoms with Crippen LogP contribution in [-0.2, 0) is 21.2 Å². The third kappa shape index (κ3) is 11.8. The number of sulfonamides is 1. The van der Waals surface area contributed by atoms with Crippen LogP contribution in [0.1, 0.15) is 45.1 Å². The fraction of sp³-hybridized carbons (Fsp3) is 0.500. The minimum absolute atomic E-state index is 0.137. The summed E-state index contributed by atoms with van der Waals surface area (Å²) in [4.78, 5) is 12.8. The van der Waals surface area contributed by atoms with Crippen molar-refractivity contribution in [3.05, 3.63) is 47.5 Å². The molecule has 1 rings (SSSR count). The first-order chi connectivity index (χ1) is 15.4. The monoisotopic (exact) mass is 476 g/mol. The first kappa shape index (κ1) is 28.5. The summed E-state index contributed by atoms with van der Waals surface area (Å²) in [7, 11) is -5.53. The van der Waals surface area contributed by atoms with Crippen molar-refractivity contribution >= 4 is 28.8 Å². The van der Waals surface area contributed by atoms with Crippen molar-refractivity contribution in [2.75, 3.05) is 6.26 Å². The summed E-state index contributed by atoms with van der Waals surface area (Å²) in [6.45, 7) is 3.83. The molecule has 9 nitrogen and oxygen atoms in total. The average molecular weight is 476 g/mol. The topological polar surface area (TPSA) is 163 Å². The summed E-state index contributed by atoms with van der Waals surface area (Å²) >= 11 is 0. The lowest BCUT2D eigenvalue weighted by Gasteiger charge is -2.23. The molecule has 2 unspecified atom stereocenters. The molecular weight excluding hydrogens is 443 g/mol. The van der Waals surface area contributed by atoms with Crippen LogP contribution in [0.15, 0.2) is 42.0 Å². The lowest BCUT2D eigenvalue weighted by molar-refractivity contribution is -0.123. The molecule has 1 aromatic rings. The highest BCUT2D eigenvalue weighted by Crippen LogP contribution is 2.12. The van der Waals surface area contributed by atoms with Crippen LogP contribution in [0, 0.1) is 22.7 Å². The molecule has 1 amide bonds. The molecule has 0 fully saturated rings. The van der Waals surface area contributed by atoms with Gasteiger partial charge in [0.2, 0.25) is 15.9 Å². The van der Waals surface area contributed by atoms with Crippen LogP contribution in [0.2, 0.25) is 0 Å². The molecule has 0 saturated carbocycles. The molecule has 2 atom stereocenters. The van der Waals surface area contributed by atoms with Gasteiger partial charge in [-0.2, -0.15) is 5.26 Å². The predicted molar refractivity (Wildman–Crippen MR) is 129 cm³/mol. The number of nitriles is 1. The summed E-state index contributed by atoms with van der Waals surface area (Å²) in [6, 6.07) is 9.88. The molecule has 0 radical (unpaired) electrons. The summed E-state index contributed by atoms with van der Waals surface area (Å²) in [6.07, 6.45) is 4.21. The van der Waals surface area contributed by atoms with E-state index in [0.717, 1.165) is 11.8 Å². The molecule has 0 bridgehead atoms. The fourth-order valence-electron chi connectivity index (χ4n) is 3.21. The SMILES string of the molecule is CC(C)C=C(C#N)C(=N)CCCCC(NS(C)(=O)=O)C(=O)NC(Cc1ccccc1)B(O)O. The Morgan fingerprint density at radius 1 is 1.24 bits per heavy atom. The Morgan fingerprint density at radius 3 is 2.39 bits per heavy atom. The fourth-order valence-corrected chi connectivity index (χ4v) is 3.95. The van der Waals surface area contributed by atoms with E-state index in [2.05, 4.69) is 10.0 Å². The maximum absolute atomic E-state index is 12.8. The molecule has 0 aromatic heterocycles. The molecule has 0 heterocycles. The van der Waals surface area contributed by atoms with E-state index in [1.54, 1.807) is 30.3 Å². The van der Waals surface area contributed by atoms with Gasteiger partial charge in [-0.05, 0) is 37.2 Å². The zero-order valence-electron chi connectivity index (χ0n) is 19.3. The molecule has 0 aliphatic rings. The van der Waals surface area contributed by atoms with E-state index in [1.807, 2.05) is 26.0 Å². The molecule has 33 heavy (non-hydrogen) atoms. The first-order valence-corrected chi connectivity index (χ1v) is 12.7. The van der Waals surface area contributed by atoms with Crippen LogP contribution in [0.4, 0.5) is 0 Å². The van der Waals surface area contributed by atoms with Crippen molar-refractivity contribution in [3.8, 4) is 6.07 Å². The largest absolute Gasteiger partial charge is 0.475 e. The highest BCUT2D eigenvalue weighted by Gasteiger charge is 2.29. The number of hydrogen-bond acceptors (Lipinski definition) is 7. The molecule has 5 N–H and O–H groups in total. The van der Waals surface area contributed by atoms with E-state index in [4.69, 9.17) is 5.41 Å². The molecule has 0 aliphatic heterocycles. The van der Waals surface area contributed by atoms with Gasteiger partial charge >= 0.3 is 7.12 Å². The lowest BCUT2D eigenvalue weighted by Crippen LogP contribution is -2.54. The van der Waals surface area contributed by atoms with Crippen molar-refractivity contribution < 1.29 is 23.3 Å². The van der Waals surface area contributed by atoms with Gasteiger partial charge in [0.25, 0.3) is 0 Å². The number of nitrogens with zero attached hydrogens (tertiary/aromatic N) is 1. The van der Waals surface area contributed by atoms with Crippen molar-refractivity contribution in [3.63, 3.8) is 0 Å². The second-order valence-corrected chi connectivity index (χ2v) is 10.1. The number of carbonyl (C=O) groups excluding carboxylic acids is 1. The van der Waals surface area contributed by atoms with Gasteiger partial charge in [-0.25, -0.2) is 13.1 Å². The normalized spacial score (nSPS) is 13.8. The number of amides is 1. The molecule has 0 aliphatic carbocycles. The Kier molecular flexibility index (Phi) is 12.0. The molecule has 0 saturated heterocycles. The van der Waals surface area contributed by atoms with Crippen LogP contribution < -0.4 is 10.0 Å². The van der Waals surface area contributed by atoms with E-state index in [-0.39, 0.29) is 24.5 Å². The smallest absolute Gasteiger partial charge is 0.426 e. The quantitative estimate of drug-likeness (QED) is 0.118. The van der Waals surface area contributed by atoms with Crippen molar-refractivity contribution in [1.29, 1.82) is 10.7 Å². The Bertz CT molecular complexity index is 959. The highest BCUT2D eigenvalue weighted by atomic mass is 32.2. The van der Waals surface area contributed by atoms with Crippen LogP contribution >= 0.6 is 0 Å². The van der Waals surface area contributed by atoms with Crippen LogP contribution in [0.5, 0.6) is 0 Å². The standard InChI is InChI=1S/C22H33BN4O5S/c1-16(2)13-18(15-24)19(25)11-7-8-12-20(27-33(3,31)32)22(28)26-21(23(29)30)14-17-9-5-4-6-10-17/h4-6,9-10,13,16,20-21,25,27,29-30H,7-8,11-12,14H2,1-3H3,(H,26,28). The van der Waals surface area contributed by atoms with Gasteiger partial charge in [0.05, 0.1) is 17.8 Å². The van der Waals surface area contributed by atoms with Gasteiger partial charge < -0.3 is 20.8 Å². The summed E-state index contributed by atoms with van der Waals surface area (Å²) in [5, 5.41) is 39.2. The number of nitrogens with one attached hydrogen (secondary N) is 3.